The van der Waals surface area contributed by atoms with Gasteiger partial charge in [0.05, 0.1) is 11.7 Å². The summed E-state index contributed by atoms with van der Waals surface area (Å²) < 4.78 is 1.86. The van der Waals surface area contributed by atoms with E-state index in [1.54, 1.807) is 0 Å². The molecule has 106 valence electrons. The minimum atomic E-state index is -0.0407. The molecule has 0 spiro atoms. The third-order valence-corrected chi connectivity index (χ3v) is 4.03. The normalized spacial score (nSPS) is 23.4. The number of rotatable bonds is 3. The zero-order valence-corrected chi connectivity index (χ0v) is 12.3. The van der Waals surface area contributed by atoms with Gasteiger partial charge in [0.25, 0.3) is 0 Å². The van der Waals surface area contributed by atoms with Crippen LogP contribution in [0.15, 0.2) is 0 Å². The highest BCUT2D eigenvalue weighted by atomic mass is 16.2. The van der Waals surface area contributed by atoms with Gasteiger partial charge in [0, 0.05) is 30.9 Å². The van der Waals surface area contributed by atoms with Crippen molar-refractivity contribution in [3.63, 3.8) is 0 Å². The van der Waals surface area contributed by atoms with Crippen molar-refractivity contribution in [2.75, 3.05) is 0 Å². The van der Waals surface area contributed by atoms with Crippen molar-refractivity contribution in [3.05, 3.63) is 17.0 Å². The van der Waals surface area contributed by atoms with Gasteiger partial charge in [0.1, 0.15) is 0 Å². The second-order valence-corrected chi connectivity index (χ2v) is 5.54. The minimum absolute atomic E-state index is 0.0407. The first kappa shape index (κ1) is 14.1. The molecule has 1 fully saturated rings. The lowest BCUT2D eigenvalue weighted by atomic mass is 9.99. The van der Waals surface area contributed by atoms with E-state index < -0.39 is 0 Å². The van der Waals surface area contributed by atoms with Crippen molar-refractivity contribution in [2.45, 2.75) is 58.7 Å². The van der Waals surface area contributed by atoms with E-state index in [0.717, 1.165) is 36.2 Å². The van der Waals surface area contributed by atoms with Gasteiger partial charge >= 0.3 is 0 Å². The largest absolute Gasteiger partial charge is 0.351 e. The molecule has 0 radical (unpaired) electrons. The van der Waals surface area contributed by atoms with Crippen LogP contribution in [-0.2, 0) is 18.4 Å². The molecule has 2 heterocycles. The van der Waals surface area contributed by atoms with Crippen LogP contribution in [0.5, 0.6) is 0 Å². The van der Waals surface area contributed by atoms with E-state index in [1.807, 2.05) is 25.6 Å². The Kier molecular flexibility index (Phi) is 4.24. The number of aromatic nitrogens is 2. The average Bonchev–Trinajstić information content (AvgIpc) is 2.61. The van der Waals surface area contributed by atoms with Gasteiger partial charge < -0.3 is 10.6 Å². The second kappa shape index (κ2) is 5.74. The monoisotopic (exact) mass is 264 g/mol. The van der Waals surface area contributed by atoms with Crippen LogP contribution in [0.3, 0.4) is 0 Å². The highest BCUT2D eigenvalue weighted by Crippen LogP contribution is 2.14. The van der Waals surface area contributed by atoms with Crippen LogP contribution >= 0.6 is 0 Å². The summed E-state index contributed by atoms with van der Waals surface area (Å²) in [7, 11) is 1.93. The van der Waals surface area contributed by atoms with E-state index in [0.29, 0.717) is 12.6 Å². The smallest absolute Gasteiger partial charge is 0.237 e. The summed E-state index contributed by atoms with van der Waals surface area (Å²) in [5.74, 6) is 0.106. The number of nitrogens with one attached hydrogen (secondary N) is 2. The molecule has 2 N–H and O–H groups in total. The van der Waals surface area contributed by atoms with Crippen LogP contribution in [0.4, 0.5) is 0 Å². The lowest BCUT2D eigenvalue weighted by Gasteiger charge is -2.27. The fraction of sp³-hybridized carbons (Fsp3) is 0.714. The number of carbonyl (C=O) groups excluding carboxylic acids is 1. The number of nitrogens with zero attached hydrogens (tertiary/aromatic N) is 2. The van der Waals surface area contributed by atoms with E-state index in [-0.39, 0.29) is 11.9 Å². The van der Waals surface area contributed by atoms with Crippen molar-refractivity contribution in [1.82, 2.24) is 20.4 Å². The van der Waals surface area contributed by atoms with Gasteiger partial charge in [-0.2, -0.15) is 5.10 Å². The molecule has 0 aliphatic carbocycles. The number of hydrogen-bond acceptors (Lipinski definition) is 3. The Bertz CT molecular complexity index is 466. The molecule has 0 aromatic carbocycles. The zero-order chi connectivity index (χ0) is 14.0. The van der Waals surface area contributed by atoms with Gasteiger partial charge in [-0.05, 0) is 40.0 Å². The summed E-state index contributed by atoms with van der Waals surface area (Å²) in [5.41, 5.74) is 3.23. The molecule has 1 aliphatic rings. The van der Waals surface area contributed by atoms with Crippen LogP contribution < -0.4 is 10.6 Å². The van der Waals surface area contributed by atoms with Gasteiger partial charge in [-0.25, -0.2) is 0 Å². The van der Waals surface area contributed by atoms with Crippen LogP contribution in [-0.4, -0.2) is 27.8 Å². The molecule has 1 aromatic heterocycles. The summed E-state index contributed by atoms with van der Waals surface area (Å²) in [6, 6.07) is 0.396. The van der Waals surface area contributed by atoms with E-state index in [1.165, 1.54) is 0 Å². The Morgan fingerprint density at radius 2 is 2.21 bits per heavy atom. The minimum Gasteiger partial charge on any atom is -0.351 e. The Labute approximate surface area is 114 Å². The first-order valence-corrected chi connectivity index (χ1v) is 7.02. The van der Waals surface area contributed by atoms with Gasteiger partial charge in [0.15, 0.2) is 0 Å². The molecular formula is C14H24N4O. The van der Waals surface area contributed by atoms with Crippen molar-refractivity contribution in [3.8, 4) is 0 Å². The maximum absolute atomic E-state index is 12.1. The first-order chi connectivity index (χ1) is 8.99. The Morgan fingerprint density at radius 1 is 1.47 bits per heavy atom. The number of aryl methyl sites for hydroxylation is 2. The van der Waals surface area contributed by atoms with E-state index in [4.69, 9.17) is 0 Å². The van der Waals surface area contributed by atoms with Gasteiger partial charge in [-0.3, -0.25) is 9.48 Å². The summed E-state index contributed by atoms with van der Waals surface area (Å²) >= 11 is 0. The molecule has 0 saturated carbocycles. The Hall–Kier alpha value is -1.36. The summed E-state index contributed by atoms with van der Waals surface area (Å²) in [5, 5.41) is 10.7. The van der Waals surface area contributed by atoms with Gasteiger partial charge in [-0.15, -0.1) is 0 Å². The summed E-state index contributed by atoms with van der Waals surface area (Å²) in [6.07, 6.45) is 3.21. The molecule has 19 heavy (non-hydrogen) atoms. The lowest BCUT2D eigenvalue weighted by molar-refractivity contribution is -0.124. The van der Waals surface area contributed by atoms with Crippen molar-refractivity contribution < 1.29 is 4.79 Å². The van der Waals surface area contributed by atoms with E-state index >= 15 is 0 Å². The van der Waals surface area contributed by atoms with E-state index in [2.05, 4.69) is 22.7 Å². The molecule has 2 atom stereocenters. The number of piperidine rings is 1. The van der Waals surface area contributed by atoms with Crippen molar-refractivity contribution in [2.24, 2.45) is 7.05 Å². The standard InChI is InChI=1S/C14H24N4O/c1-9-6-5-7-13(16-9)14(19)15-8-12-10(2)17-18(4)11(12)3/h9,13,16H,5-8H2,1-4H3,(H,15,19). The molecule has 1 aliphatic heterocycles. The van der Waals surface area contributed by atoms with Gasteiger partial charge in [0.2, 0.25) is 5.91 Å². The molecular weight excluding hydrogens is 240 g/mol. The summed E-state index contributed by atoms with van der Waals surface area (Å²) in [6.45, 7) is 6.71. The molecule has 5 heteroatoms. The van der Waals surface area contributed by atoms with Crippen LogP contribution in [0.25, 0.3) is 0 Å². The molecule has 0 bridgehead atoms. The Balaban J connectivity index is 1.93. The first-order valence-electron chi connectivity index (χ1n) is 7.02. The molecule has 1 saturated heterocycles. The Morgan fingerprint density at radius 3 is 2.79 bits per heavy atom. The maximum atomic E-state index is 12.1. The van der Waals surface area contributed by atoms with Crippen molar-refractivity contribution in [1.29, 1.82) is 0 Å². The van der Waals surface area contributed by atoms with Crippen LogP contribution in [0.1, 0.15) is 43.1 Å². The zero-order valence-electron chi connectivity index (χ0n) is 12.3. The predicted molar refractivity (Wildman–Crippen MR) is 74.8 cm³/mol. The third kappa shape index (κ3) is 3.15. The van der Waals surface area contributed by atoms with Crippen LogP contribution in [0.2, 0.25) is 0 Å². The molecule has 1 amide bonds. The van der Waals surface area contributed by atoms with E-state index in [9.17, 15) is 4.79 Å². The highest BCUT2D eigenvalue weighted by Gasteiger charge is 2.24. The molecule has 2 unspecified atom stereocenters. The van der Waals surface area contributed by atoms with Crippen LogP contribution in [0, 0.1) is 13.8 Å². The maximum Gasteiger partial charge on any atom is 0.237 e. The second-order valence-electron chi connectivity index (χ2n) is 5.54. The number of carbonyl (C=O) groups is 1. The topological polar surface area (TPSA) is 59.0 Å². The molecule has 1 aromatic rings. The number of hydrogen-bond donors (Lipinski definition) is 2. The third-order valence-electron chi connectivity index (χ3n) is 4.03. The molecule has 5 nitrogen and oxygen atoms in total. The average molecular weight is 264 g/mol. The van der Waals surface area contributed by atoms with Gasteiger partial charge in [-0.1, -0.05) is 0 Å². The number of amides is 1. The SMILES string of the molecule is Cc1nn(C)c(C)c1CNC(=O)C1CCCC(C)N1. The predicted octanol–water partition coefficient (Wildman–Crippen LogP) is 1.18. The summed E-state index contributed by atoms with van der Waals surface area (Å²) in [4.78, 5) is 12.1. The van der Waals surface area contributed by atoms with Crippen molar-refractivity contribution >= 4 is 5.91 Å². The fourth-order valence-electron chi connectivity index (χ4n) is 2.72. The quantitative estimate of drug-likeness (QED) is 0.862. The highest BCUT2D eigenvalue weighted by molar-refractivity contribution is 5.81. The fourth-order valence-corrected chi connectivity index (χ4v) is 2.72. The lowest BCUT2D eigenvalue weighted by Crippen LogP contribution is -2.49. The molecule has 2 rings (SSSR count).